The van der Waals surface area contributed by atoms with Crippen molar-refractivity contribution in [3.8, 4) is 0 Å². The molecule has 32 heavy (non-hydrogen) atoms. The summed E-state index contributed by atoms with van der Waals surface area (Å²) >= 11 is 0. The molecule has 10 nitrogen and oxygen atoms in total. The van der Waals surface area contributed by atoms with Crippen molar-refractivity contribution < 1.29 is 24.2 Å². The Hall–Kier alpha value is -1.46. The summed E-state index contributed by atoms with van der Waals surface area (Å²) in [5.74, 6) is -0.715. The number of aliphatic carboxylic acids is 1. The fraction of sp³-hybridized carbons (Fsp3) is 0.909. The number of nitrogens with one attached hydrogen (secondary N) is 1. The molecule has 0 atom stereocenters. The Morgan fingerprint density at radius 3 is 1.72 bits per heavy atom. The minimum absolute atomic E-state index is 0.234. The number of alkyl carbamates (subject to hydrolysis) is 1. The Bertz CT molecular complexity index is 555. The SMILES string of the molecule is CC(C)(C)OC(=O)NCCOCCN1CCN(CCN2CCN(CCC(=O)O)CC2)CC1. The number of nitrogens with zero attached hydrogens (tertiary/aromatic N) is 4. The van der Waals surface area contributed by atoms with Crippen LogP contribution in [0.1, 0.15) is 27.2 Å². The lowest BCUT2D eigenvalue weighted by molar-refractivity contribution is -0.137. The van der Waals surface area contributed by atoms with Crippen molar-refractivity contribution in [2.24, 2.45) is 0 Å². The van der Waals surface area contributed by atoms with Crippen molar-refractivity contribution in [1.82, 2.24) is 24.9 Å². The molecule has 1 amide bonds. The summed E-state index contributed by atoms with van der Waals surface area (Å²) in [6, 6.07) is 0. The highest BCUT2D eigenvalue weighted by atomic mass is 16.6. The van der Waals surface area contributed by atoms with Gasteiger partial charge in [-0.1, -0.05) is 0 Å². The van der Waals surface area contributed by atoms with E-state index in [2.05, 4.69) is 24.9 Å². The molecule has 0 saturated carbocycles. The highest BCUT2D eigenvalue weighted by Gasteiger charge is 2.20. The number of carboxylic acids is 1. The van der Waals surface area contributed by atoms with Gasteiger partial charge in [0.1, 0.15) is 5.60 Å². The first-order valence-corrected chi connectivity index (χ1v) is 11.9. The molecule has 2 fully saturated rings. The van der Waals surface area contributed by atoms with E-state index in [9.17, 15) is 9.59 Å². The molecule has 186 valence electrons. The molecule has 2 heterocycles. The molecule has 0 aromatic rings. The molecule has 0 aromatic heterocycles. The van der Waals surface area contributed by atoms with Crippen LogP contribution >= 0.6 is 0 Å². The number of carbonyl (C=O) groups is 2. The zero-order valence-corrected chi connectivity index (χ0v) is 20.2. The lowest BCUT2D eigenvalue weighted by Crippen LogP contribution is -2.51. The third kappa shape index (κ3) is 12.0. The van der Waals surface area contributed by atoms with E-state index in [1.54, 1.807) is 0 Å². The number of amides is 1. The van der Waals surface area contributed by atoms with Crippen LogP contribution in [-0.4, -0.2) is 141 Å². The van der Waals surface area contributed by atoms with Gasteiger partial charge in [-0.15, -0.1) is 0 Å². The summed E-state index contributed by atoms with van der Waals surface area (Å²) in [6.45, 7) is 19.2. The molecule has 0 unspecified atom stereocenters. The molecule has 2 N–H and O–H groups in total. The standard InChI is InChI=1S/C22H43N5O5/c1-22(2,3)32-21(30)23-5-18-31-19-17-27-15-13-26(14-16-27)12-11-25-9-7-24(8-10-25)6-4-20(28)29/h4-19H2,1-3H3,(H,23,30)(H,28,29). The second kappa shape index (κ2) is 13.9. The third-order valence-electron chi connectivity index (χ3n) is 5.77. The number of piperazine rings is 2. The maximum absolute atomic E-state index is 11.6. The summed E-state index contributed by atoms with van der Waals surface area (Å²) < 4.78 is 10.8. The number of hydrogen-bond donors (Lipinski definition) is 2. The molecule has 2 aliphatic rings. The van der Waals surface area contributed by atoms with Gasteiger partial charge < -0.3 is 24.8 Å². The number of carbonyl (C=O) groups excluding carboxylic acids is 1. The van der Waals surface area contributed by atoms with Crippen LogP contribution in [0.25, 0.3) is 0 Å². The van der Waals surface area contributed by atoms with E-state index < -0.39 is 17.7 Å². The molecular weight excluding hydrogens is 414 g/mol. The van der Waals surface area contributed by atoms with E-state index in [4.69, 9.17) is 14.6 Å². The van der Waals surface area contributed by atoms with Crippen molar-refractivity contribution in [3.05, 3.63) is 0 Å². The number of rotatable bonds is 12. The van der Waals surface area contributed by atoms with Crippen molar-refractivity contribution in [2.75, 3.05) is 98.3 Å². The zero-order valence-electron chi connectivity index (χ0n) is 20.2. The van der Waals surface area contributed by atoms with E-state index in [1.165, 1.54) is 0 Å². The molecular formula is C22H43N5O5. The van der Waals surface area contributed by atoms with Crippen molar-refractivity contribution in [1.29, 1.82) is 0 Å². The molecule has 10 heteroatoms. The molecule has 2 saturated heterocycles. The first-order valence-electron chi connectivity index (χ1n) is 11.9. The zero-order chi connectivity index (χ0) is 23.4. The quantitative estimate of drug-likeness (QED) is 0.399. The van der Waals surface area contributed by atoms with Gasteiger partial charge in [0.25, 0.3) is 0 Å². The van der Waals surface area contributed by atoms with Gasteiger partial charge in [-0.05, 0) is 20.8 Å². The van der Waals surface area contributed by atoms with Gasteiger partial charge in [0, 0.05) is 85.1 Å². The Kier molecular flexibility index (Phi) is 11.7. The summed E-state index contributed by atoms with van der Waals surface area (Å²) in [5.41, 5.74) is -0.481. The van der Waals surface area contributed by atoms with Crippen LogP contribution in [0.4, 0.5) is 4.79 Å². The lowest BCUT2D eigenvalue weighted by Gasteiger charge is -2.38. The summed E-state index contributed by atoms with van der Waals surface area (Å²) in [6.07, 6.45) is -0.171. The smallest absolute Gasteiger partial charge is 0.407 e. The Labute approximate surface area is 192 Å². The van der Waals surface area contributed by atoms with E-state index in [0.717, 1.165) is 72.0 Å². The molecule has 0 aliphatic carbocycles. The van der Waals surface area contributed by atoms with Gasteiger partial charge in [0.15, 0.2) is 0 Å². The van der Waals surface area contributed by atoms with Crippen LogP contribution < -0.4 is 5.32 Å². The molecule has 0 spiro atoms. The van der Waals surface area contributed by atoms with Crippen LogP contribution in [0, 0.1) is 0 Å². The fourth-order valence-corrected chi connectivity index (χ4v) is 3.84. The van der Waals surface area contributed by atoms with Gasteiger partial charge in [-0.2, -0.15) is 0 Å². The normalized spacial score (nSPS) is 19.7. The van der Waals surface area contributed by atoms with Gasteiger partial charge in [0.05, 0.1) is 19.6 Å². The summed E-state index contributed by atoms with van der Waals surface area (Å²) in [5, 5.41) is 11.5. The Balaban J connectivity index is 1.44. The minimum Gasteiger partial charge on any atom is -0.481 e. The van der Waals surface area contributed by atoms with E-state index in [-0.39, 0.29) is 6.42 Å². The number of ether oxygens (including phenoxy) is 2. The lowest BCUT2D eigenvalue weighted by atomic mass is 10.2. The van der Waals surface area contributed by atoms with E-state index in [1.807, 2.05) is 20.8 Å². The van der Waals surface area contributed by atoms with Crippen molar-refractivity contribution >= 4 is 12.1 Å². The van der Waals surface area contributed by atoms with Crippen molar-refractivity contribution in [3.63, 3.8) is 0 Å². The molecule has 0 bridgehead atoms. The minimum atomic E-state index is -0.715. The summed E-state index contributed by atoms with van der Waals surface area (Å²) in [4.78, 5) is 32.0. The van der Waals surface area contributed by atoms with E-state index >= 15 is 0 Å². The van der Waals surface area contributed by atoms with Gasteiger partial charge >= 0.3 is 12.1 Å². The van der Waals surface area contributed by atoms with Crippen molar-refractivity contribution in [2.45, 2.75) is 32.8 Å². The number of hydrogen-bond acceptors (Lipinski definition) is 8. The maximum atomic E-state index is 11.6. The van der Waals surface area contributed by atoms with Gasteiger partial charge in [-0.25, -0.2) is 4.79 Å². The van der Waals surface area contributed by atoms with Crippen LogP contribution in [0.5, 0.6) is 0 Å². The maximum Gasteiger partial charge on any atom is 0.407 e. The summed E-state index contributed by atoms with van der Waals surface area (Å²) in [7, 11) is 0. The average molecular weight is 458 g/mol. The fourth-order valence-electron chi connectivity index (χ4n) is 3.84. The Morgan fingerprint density at radius 1 is 0.781 bits per heavy atom. The highest BCUT2D eigenvalue weighted by Crippen LogP contribution is 2.07. The first kappa shape index (κ1) is 26.8. The van der Waals surface area contributed by atoms with Crippen LogP contribution in [-0.2, 0) is 14.3 Å². The Morgan fingerprint density at radius 2 is 1.25 bits per heavy atom. The highest BCUT2D eigenvalue weighted by molar-refractivity contribution is 5.67. The predicted octanol–water partition coefficient (Wildman–Crippen LogP) is 0.238. The third-order valence-corrected chi connectivity index (χ3v) is 5.77. The van der Waals surface area contributed by atoms with Crippen LogP contribution in [0.15, 0.2) is 0 Å². The van der Waals surface area contributed by atoms with Crippen LogP contribution in [0.3, 0.4) is 0 Å². The molecule has 2 aliphatic heterocycles. The average Bonchev–Trinajstić information content (AvgIpc) is 2.73. The van der Waals surface area contributed by atoms with Gasteiger partial charge in [0.2, 0.25) is 0 Å². The molecule has 0 radical (unpaired) electrons. The number of carboxylic acid groups (broad SMARTS) is 1. The van der Waals surface area contributed by atoms with Gasteiger partial charge in [-0.3, -0.25) is 19.5 Å². The largest absolute Gasteiger partial charge is 0.481 e. The van der Waals surface area contributed by atoms with E-state index in [0.29, 0.717) is 26.3 Å². The second-order valence-corrected chi connectivity index (χ2v) is 9.55. The second-order valence-electron chi connectivity index (χ2n) is 9.55. The first-order chi connectivity index (χ1) is 15.2. The van der Waals surface area contributed by atoms with Crippen LogP contribution in [0.2, 0.25) is 0 Å². The topological polar surface area (TPSA) is 97.8 Å². The molecule has 2 rings (SSSR count). The molecule has 0 aromatic carbocycles. The predicted molar refractivity (Wildman–Crippen MR) is 123 cm³/mol. The monoisotopic (exact) mass is 457 g/mol.